The molecule has 0 heterocycles. The molecule has 7 heteroatoms. The normalized spacial score (nSPS) is 11.3. The van der Waals surface area contributed by atoms with Crippen LogP contribution in [0.25, 0.3) is 0 Å². The number of ether oxygens (including phenoxy) is 1. The van der Waals surface area contributed by atoms with Gasteiger partial charge in [-0.1, -0.05) is 23.8 Å². The van der Waals surface area contributed by atoms with Crippen LogP contribution in [0.3, 0.4) is 0 Å². The van der Waals surface area contributed by atoms with E-state index in [0.29, 0.717) is 11.3 Å². The quantitative estimate of drug-likeness (QED) is 0.727. The first kappa shape index (κ1) is 21.9. The summed E-state index contributed by atoms with van der Waals surface area (Å²) >= 11 is 0. The Kier molecular flexibility index (Phi) is 7.36. The maximum Gasteiger partial charge on any atom is 0.338 e. The lowest BCUT2D eigenvalue weighted by atomic mass is 10.2. The number of amides is 2. The number of hydrogen-bond acceptors (Lipinski definition) is 5. The molecule has 0 saturated heterocycles. The van der Waals surface area contributed by atoms with Crippen molar-refractivity contribution in [2.75, 3.05) is 37.9 Å². The Labute approximate surface area is 171 Å². The van der Waals surface area contributed by atoms with Gasteiger partial charge in [0.15, 0.2) is 6.10 Å². The fraction of sp³-hybridized carbons (Fsp3) is 0.318. The molecule has 0 radical (unpaired) electrons. The summed E-state index contributed by atoms with van der Waals surface area (Å²) in [4.78, 5) is 40.1. The molecule has 2 aromatic carbocycles. The Morgan fingerprint density at radius 1 is 1.03 bits per heavy atom. The first-order valence-corrected chi connectivity index (χ1v) is 9.27. The van der Waals surface area contributed by atoms with Crippen molar-refractivity contribution in [1.82, 2.24) is 4.90 Å². The molecule has 0 saturated carbocycles. The van der Waals surface area contributed by atoms with Gasteiger partial charge < -0.3 is 19.9 Å². The topological polar surface area (TPSA) is 79.0 Å². The highest BCUT2D eigenvalue weighted by atomic mass is 16.5. The van der Waals surface area contributed by atoms with Crippen molar-refractivity contribution in [3.63, 3.8) is 0 Å². The van der Waals surface area contributed by atoms with E-state index in [1.165, 1.54) is 18.9 Å². The van der Waals surface area contributed by atoms with Crippen molar-refractivity contribution in [2.24, 2.45) is 0 Å². The predicted molar refractivity (Wildman–Crippen MR) is 113 cm³/mol. The first-order valence-electron chi connectivity index (χ1n) is 9.27. The SMILES string of the molecule is Cc1ccc(NC(=O)CN(C)C(=O)[C@H](C)OC(=O)c2cccc(N(C)C)c2)cc1. The lowest BCUT2D eigenvalue weighted by Crippen LogP contribution is -2.41. The summed E-state index contributed by atoms with van der Waals surface area (Å²) in [6.45, 7) is 3.30. The van der Waals surface area contributed by atoms with Gasteiger partial charge in [0.2, 0.25) is 5.91 Å². The van der Waals surface area contributed by atoms with Gasteiger partial charge in [-0.15, -0.1) is 0 Å². The van der Waals surface area contributed by atoms with Crippen LogP contribution in [0.15, 0.2) is 48.5 Å². The van der Waals surface area contributed by atoms with Crippen molar-refractivity contribution < 1.29 is 19.1 Å². The van der Waals surface area contributed by atoms with Gasteiger partial charge >= 0.3 is 5.97 Å². The molecule has 7 nitrogen and oxygen atoms in total. The summed E-state index contributed by atoms with van der Waals surface area (Å²) in [6, 6.07) is 14.3. The molecule has 0 bridgehead atoms. The minimum atomic E-state index is -1.01. The Bertz CT molecular complexity index is 878. The minimum Gasteiger partial charge on any atom is -0.449 e. The van der Waals surface area contributed by atoms with E-state index < -0.39 is 18.0 Å². The Hall–Kier alpha value is -3.35. The van der Waals surface area contributed by atoms with E-state index in [0.717, 1.165) is 11.3 Å². The highest BCUT2D eigenvalue weighted by Gasteiger charge is 2.23. The third-order valence-electron chi connectivity index (χ3n) is 4.32. The number of hydrogen-bond donors (Lipinski definition) is 1. The zero-order chi connectivity index (χ0) is 21.6. The third kappa shape index (κ3) is 6.34. The van der Waals surface area contributed by atoms with Gasteiger partial charge in [0.05, 0.1) is 12.1 Å². The number of carbonyl (C=O) groups is 3. The second-order valence-electron chi connectivity index (χ2n) is 7.10. The van der Waals surface area contributed by atoms with Crippen LogP contribution in [-0.2, 0) is 14.3 Å². The highest BCUT2D eigenvalue weighted by Crippen LogP contribution is 2.15. The van der Waals surface area contributed by atoms with Gasteiger partial charge in [-0.25, -0.2) is 4.79 Å². The number of anilines is 2. The van der Waals surface area contributed by atoms with Crippen LogP contribution in [-0.4, -0.2) is 56.5 Å². The average molecular weight is 397 g/mol. The van der Waals surface area contributed by atoms with Crippen molar-refractivity contribution in [3.05, 3.63) is 59.7 Å². The number of nitrogens with one attached hydrogen (secondary N) is 1. The van der Waals surface area contributed by atoms with E-state index in [1.54, 1.807) is 30.3 Å². The zero-order valence-corrected chi connectivity index (χ0v) is 17.4. The summed E-state index contributed by atoms with van der Waals surface area (Å²) in [7, 11) is 5.23. The van der Waals surface area contributed by atoms with Crippen LogP contribution in [0.4, 0.5) is 11.4 Å². The van der Waals surface area contributed by atoms with Gasteiger partial charge in [-0.3, -0.25) is 9.59 Å². The largest absolute Gasteiger partial charge is 0.449 e. The number of benzene rings is 2. The maximum absolute atomic E-state index is 12.5. The predicted octanol–water partition coefficient (Wildman–Crippen LogP) is 2.70. The molecule has 29 heavy (non-hydrogen) atoms. The van der Waals surface area contributed by atoms with Gasteiger partial charge in [0.25, 0.3) is 5.91 Å². The molecule has 0 aliphatic carbocycles. The van der Waals surface area contributed by atoms with Crippen LogP contribution >= 0.6 is 0 Å². The number of rotatable bonds is 7. The minimum absolute atomic E-state index is 0.148. The van der Waals surface area contributed by atoms with Crippen LogP contribution < -0.4 is 10.2 Å². The fourth-order valence-electron chi connectivity index (χ4n) is 2.63. The zero-order valence-electron chi connectivity index (χ0n) is 17.4. The maximum atomic E-state index is 12.5. The summed E-state index contributed by atoms with van der Waals surface area (Å²) < 4.78 is 5.29. The highest BCUT2D eigenvalue weighted by molar-refractivity contribution is 5.96. The van der Waals surface area contributed by atoms with Crippen LogP contribution in [0, 0.1) is 6.92 Å². The molecule has 2 aromatic rings. The smallest absolute Gasteiger partial charge is 0.338 e. The molecule has 0 fully saturated rings. The number of nitrogens with zero attached hydrogens (tertiary/aromatic N) is 2. The van der Waals surface area contributed by atoms with Crippen molar-refractivity contribution in [2.45, 2.75) is 20.0 Å². The van der Waals surface area contributed by atoms with Gasteiger partial charge in [-0.05, 0) is 44.2 Å². The third-order valence-corrected chi connectivity index (χ3v) is 4.32. The monoisotopic (exact) mass is 397 g/mol. The van der Waals surface area contributed by atoms with E-state index in [9.17, 15) is 14.4 Å². The van der Waals surface area contributed by atoms with Gasteiger partial charge in [0.1, 0.15) is 0 Å². The van der Waals surface area contributed by atoms with Crippen LogP contribution in [0.1, 0.15) is 22.8 Å². The number of esters is 1. The Morgan fingerprint density at radius 2 is 1.69 bits per heavy atom. The molecular weight excluding hydrogens is 370 g/mol. The number of aryl methyl sites for hydroxylation is 1. The second kappa shape index (κ2) is 9.73. The number of carbonyl (C=O) groups excluding carboxylic acids is 3. The van der Waals surface area contributed by atoms with Gasteiger partial charge in [-0.2, -0.15) is 0 Å². The molecule has 0 spiro atoms. The lowest BCUT2D eigenvalue weighted by molar-refractivity contribution is -0.140. The van der Waals surface area contributed by atoms with Crippen molar-refractivity contribution in [1.29, 1.82) is 0 Å². The number of likely N-dealkylation sites (N-methyl/N-ethyl adjacent to an activating group) is 1. The van der Waals surface area contributed by atoms with E-state index in [4.69, 9.17) is 4.74 Å². The van der Waals surface area contributed by atoms with E-state index in [2.05, 4.69) is 5.32 Å². The lowest BCUT2D eigenvalue weighted by Gasteiger charge is -2.21. The first-order chi connectivity index (χ1) is 13.7. The van der Waals surface area contributed by atoms with E-state index in [1.807, 2.05) is 44.1 Å². The van der Waals surface area contributed by atoms with E-state index >= 15 is 0 Å². The molecule has 154 valence electrons. The second-order valence-corrected chi connectivity index (χ2v) is 7.10. The Morgan fingerprint density at radius 3 is 2.31 bits per heavy atom. The summed E-state index contributed by atoms with van der Waals surface area (Å²) in [6.07, 6.45) is -1.01. The van der Waals surface area contributed by atoms with Crippen molar-refractivity contribution in [3.8, 4) is 0 Å². The molecule has 0 aliphatic rings. The van der Waals surface area contributed by atoms with Crippen molar-refractivity contribution >= 4 is 29.2 Å². The summed E-state index contributed by atoms with van der Waals surface area (Å²) in [5.74, 6) is -1.38. The van der Waals surface area contributed by atoms with Crippen LogP contribution in [0.2, 0.25) is 0 Å². The fourth-order valence-corrected chi connectivity index (χ4v) is 2.63. The summed E-state index contributed by atoms with van der Waals surface area (Å²) in [5, 5.41) is 2.73. The molecule has 1 N–H and O–H groups in total. The molecule has 1 atom stereocenters. The average Bonchev–Trinajstić information content (AvgIpc) is 2.68. The van der Waals surface area contributed by atoms with Crippen LogP contribution in [0.5, 0.6) is 0 Å². The molecular formula is C22H27N3O4. The Balaban J connectivity index is 1.91. The summed E-state index contributed by atoms with van der Waals surface area (Å²) in [5.41, 5.74) is 2.95. The molecule has 0 unspecified atom stereocenters. The molecule has 2 amide bonds. The molecule has 0 aromatic heterocycles. The molecule has 0 aliphatic heterocycles. The molecule has 2 rings (SSSR count). The standard InChI is InChI=1S/C22H27N3O4/c1-15-9-11-18(12-10-15)23-20(26)14-25(5)21(27)16(2)29-22(28)17-7-6-8-19(13-17)24(3)4/h6-13,16H,14H2,1-5H3,(H,23,26)/t16-/m0/s1. The van der Waals surface area contributed by atoms with Gasteiger partial charge in [0, 0.05) is 32.5 Å². The van der Waals surface area contributed by atoms with E-state index in [-0.39, 0.29) is 12.5 Å².